The molecule has 5 atom stereocenters. The van der Waals surface area contributed by atoms with Gasteiger partial charge in [-0.3, -0.25) is 9.28 Å². The number of Topliss-reactive ketones (excluding diaryl/α,β-unsaturated/α-hetero) is 1. The van der Waals surface area contributed by atoms with Crippen LogP contribution in [0.15, 0.2) is 12.1 Å². The van der Waals surface area contributed by atoms with Crippen molar-refractivity contribution in [3.05, 3.63) is 23.3 Å². The van der Waals surface area contributed by atoms with Gasteiger partial charge in [0.1, 0.15) is 12.1 Å². The number of ketones is 1. The molecule has 7 heteroatoms. The summed E-state index contributed by atoms with van der Waals surface area (Å²) in [5, 5.41) is 45.4. The molecule has 2 heterocycles. The second-order valence-corrected chi connectivity index (χ2v) is 9.99. The number of piperidine rings is 1. The predicted molar refractivity (Wildman–Crippen MR) is 96.8 cm³/mol. The molecule has 6 rings (SSSR count). The van der Waals surface area contributed by atoms with Crippen molar-refractivity contribution in [3.63, 3.8) is 0 Å². The third-order valence-corrected chi connectivity index (χ3v) is 8.58. The van der Waals surface area contributed by atoms with Crippen molar-refractivity contribution >= 4 is 5.78 Å². The zero-order valence-electron chi connectivity index (χ0n) is 15.9. The van der Waals surface area contributed by atoms with Crippen LogP contribution in [0.1, 0.15) is 43.2 Å². The average Bonchev–Trinajstić information content (AvgIpc) is 3.23. The number of nitrogens with zero attached hydrogens (tertiary/aromatic N) is 1. The quantitative estimate of drug-likeness (QED) is 0.536. The summed E-state index contributed by atoms with van der Waals surface area (Å²) >= 11 is 0. The molecule has 0 aromatic heterocycles. The Balaban J connectivity index is 1.63. The SMILES string of the molecule is C[N@+]1(CC2(O)CC2)CC[C@]23c4c5ccc(O)c4O[C@H]2C(=O)CC[C@@]3(O)[C@@]1(O)C5. The highest BCUT2D eigenvalue weighted by atomic mass is 16.5. The number of phenolic OH excluding ortho intramolecular Hbond substituents is 1. The van der Waals surface area contributed by atoms with Gasteiger partial charge in [-0.1, -0.05) is 6.07 Å². The molecule has 5 aliphatic rings. The summed E-state index contributed by atoms with van der Waals surface area (Å²) in [6, 6.07) is 3.31. The van der Waals surface area contributed by atoms with Crippen molar-refractivity contribution in [3.8, 4) is 11.5 Å². The molecular formula is C21H26NO6+. The minimum absolute atomic E-state index is 0.0294. The molecule has 2 bridgehead atoms. The summed E-state index contributed by atoms with van der Waals surface area (Å²) in [5.41, 5.74) is -3.44. The van der Waals surface area contributed by atoms with Gasteiger partial charge in [0.2, 0.25) is 5.72 Å². The molecule has 1 saturated heterocycles. The average molecular weight is 388 g/mol. The molecular weight excluding hydrogens is 362 g/mol. The summed E-state index contributed by atoms with van der Waals surface area (Å²) in [6.07, 6.45) is 1.46. The van der Waals surface area contributed by atoms with Crippen LogP contribution in [0.3, 0.4) is 0 Å². The number of hydrogen-bond donors (Lipinski definition) is 4. The van der Waals surface area contributed by atoms with E-state index in [-0.39, 0.29) is 41.0 Å². The lowest BCUT2D eigenvalue weighted by Crippen LogP contribution is -2.87. The van der Waals surface area contributed by atoms with Crippen molar-refractivity contribution in [1.82, 2.24) is 0 Å². The Hall–Kier alpha value is -1.67. The first kappa shape index (κ1) is 17.2. The maximum Gasteiger partial charge on any atom is 0.235 e. The van der Waals surface area contributed by atoms with E-state index in [1.54, 1.807) is 6.07 Å². The number of phenols is 1. The molecule has 1 spiro atoms. The highest BCUT2D eigenvalue weighted by Gasteiger charge is 2.82. The fourth-order valence-electron chi connectivity index (χ4n) is 6.98. The van der Waals surface area contributed by atoms with E-state index in [4.69, 9.17) is 4.74 Å². The normalized spacial score (nSPS) is 46.7. The first-order valence-corrected chi connectivity index (χ1v) is 10.2. The zero-order valence-corrected chi connectivity index (χ0v) is 15.9. The number of likely N-dealkylation sites (tertiary alicyclic amines) is 1. The second kappa shape index (κ2) is 4.56. The summed E-state index contributed by atoms with van der Waals surface area (Å²) in [7, 11) is 1.91. The third kappa shape index (κ3) is 1.59. The van der Waals surface area contributed by atoms with Crippen LogP contribution >= 0.6 is 0 Å². The minimum atomic E-state index is -1.57. The van der Waals surface area contributed by atoms with E-state index in [9.17, 15) is 25.2 Å². The number of hydrogen-bond acceptors (Lipinski definition) is 6. The molecule has 3 fully saturated rings. The maximum absolute atomic E-state index is 12.8. The van der Waals surface area contributed by atoms with Crippen LogP contribution in [0, 0.1) is 0 Å². The number of ether oxygens (including phenoxy) is 1. The lowest BCUT2D eigenvalue weighted by molar-refractivity contribution is -1.00. The number of carbonyl (C=O) groups is 1. The van der Waals surface area contributed by atoms with Gasteiger partial charge >= 0.3 is 0 Å². The highest BCUT2D eigenvalue weighted by Crippen LogP contribution is 2.68. The topological polar surface area (TPSA) is 107 Å². The van der Waals surface area contributed by atoms with E-state index in [0.29, 0.717) is 37.9 Å². The van der Waals surface area contributed by atoms with Gasteiger partial charge in [0.25, 0.3) is 0 Å². The van der Waals surface area contributed by atoms with Crippen LogP contribution in [0.5, 0.6) is 11.5 Å². The van der Waals surface area contributed by atoms with Crippen LogP contribution in [-0.2, 0) is 16.6 Å². The maximum atomic E-state index is 12.8. The molecule has 1 aromatic rings. The molecule has 3 aliphatic carbocycles. The van der Waals surface area contributed by atoms with E-state index in [2.05, 4.69) is 0 Å². The predicted octanol–water partition coefficient (Wildman–Crippen LogP) is 0.105. The highest BCUT2D eigenvalue weighted by molar-refractivity contribution is 5.90. The number of rotatable bonds is 2. The number of benzene rings is 1. The molecule has 4 N–H and O–H groups in total. The molecule has 0 unspecified atom stereocenters. The van der Waals surface area contributed by atoms with Crippen molar-refractivity contribution in [2.75, 3.05) is 20.1 Å². The molecule has 150 valence electrons. The standard InChI is InChI=1S/C21H25NO6/c1-22(11-18(25)6-7-18)9-8-19-15-12-2-3-13(23)16(15)28-17(19)14(24)4-5-20(19,26)21(22,27)10-12/h2-3,17,25-27H,4-11H2,1H3/p+1/t17-,19-,20-,21-,22+/m0/s1. The first-order chi connectivity index (χ1) is 13.1. The van der Waals surface area contributed by atoms with E-state index < -0.39 is 28.4 Å². The Morgan fingerprint density at radius 1 is 1.18 bits per heavy atom. The van der Waals surface area contributed by atoms with Crippen LogP contribution in [0.25, 0.3) is 0 Å². The summed E-state index contributed by atoms with van der Waals surface area (Å²) in [6.45, 7) is 0.893. The minimum Gasteiger partial charge on any atom is -0.504 e. The molecule has 0 amide bonds. The smallest absolute Gasteiger partial charge is 0.235 e. The number of aliphatic hydroxyl groups is 3. The number of quaternary nitrogens is 1. The van der Waals surface area contributed by atoms with E-state index >= 15 is 0 Å². The zero-order chi connectivity index (χ0) is 19.7. The monoisotopic (exact) mass is 388 g/mol. The Morgan fingerprint density at radius 2 is 1.93 bits per heavy atom. The molecule has 2 saturated carbocycles. The van der Waals surface area contributed by atoms with Crippen molar-refractivity contribution < 1.29 is 34.4 Å². The van der Waals surface area contributed by atoms with Gasteiger partial charge in [-0.15, -0.1) is 0 Å². The van der Waals surface area contributed by atoms with Gasteiger partial charge in [-0.05, 0) is 30.9 Å². The van der Waals surface area contributed by atoms with Crippen molar-refractivity contribution in [1.29, 1.82) is 0 Å². The first-order valence-electron chi connectivity index (χ1n) is 10.2. The van der Waals surface area contributed by atoms with Gasteiger partial charge in [-0.25, -0.2) is 0 Å². The Bertz CT molecular complexity index is 943. The fourth-order valence-corrected chi connectivity index (χ4v) is 6.98. The van der Waals surface area contributed by atoms with Crippen LogP contribution < -0.4 is 4.74 Å². The fraction of sp³-hybridized carbons (Fsp3) is 0.667. The third-order valence-electron chi connectivity index (χ3n) is 8.58. The Morgan fingerprint density at radius 3 is 2.64 bits per heavy atom. The molecule has 0 radical (unpaired) electrons. The van der Waals surface area contributed by atoms with Crippen LogP contribution in [-0.4, -0.2) is 73.9 Å². The lowest BCUT2D eigenvalue weighted by atomic mass is 9.47. The van der Waals surface area contributed by atoms with E-state index in [1.165, 1.54) is 6.07 Å². The van der Waals surface area contributed by atoms with Gasteiger partial charge in [-0.2, -0.15) is 0 Å². The molecule has 1 aromatic carbocycles. The van der Waals surface area contributed by atoms with Crippen LogP contribution in [0.4, 0.5) is 0 Å². The Labute approximate surface area is 162 Å². The number of likely N-dealkylation sites (N-methyl/N-ethyl adjacent to an activating group) is 1. The van der Waals surface area contributed by atoms with Gasteiger partial charge in [0, 0.05) is 18.4 Å². The largest absolute Gasteiger partial charge is 0.504 e. The van der Waals surface area contributed by atoms with E-state index in [1.807, 2.05) is 7.05 Å². The van der Waals surface area contributed by atoms with Crippen molar-refractivity contribution in [2.45, 2.75) is 67.0 Å². The van der Waals surface area contributed by atoms with Gasteiger partial charge in [0.05, 0.1) is 25.4 Å². The number of aromatic hydroxyl groups is 1. The van der Waals surface area contributed by atoms with Crippen molar-refractivity contribution in [2.24, 2.45) is 0 Å². The summed E-state index contributed by atoms with van der Waals surface area (Å²) in [4.78, 5) is 12.8. The number of carbonyl (C=O) groups excluding carboxylic acids is 1. The molecule has 28 heavy (non-hydrogen) atoms. The molecule has 2 aliphatic heterocycles. The lowest BCUT2D eigenvalue weighted by Gasteiger charge is -2.68. The second-order valence-electron chi connectivity index (χ2n) is 9.99. The Kier molecular flexibility index (Phi) is 2.80. The summed E-state index contributed by atoms with van der Waals surface area (Å²) in [5.74, 6) is 0.167. The van der Waals surface area contributed by atoms with Gasteiger partial charge in [0.15, 0.2) is 29.0 Å². The summed E-state index contributed by atoms with van der Waals surface area (Å²) < 4.78 is 6.14. The van der Waals surface area contributed by atoms with Crippen LogP contribution in [0.2, 0.25) is 0 Å². The van der Waals surface area contributed by atoms with E-state index in [0.717, 1.165) is 5.56 Å². The molecule has 7 nitrogen and oxygen atoms in total. The van der Waals surface area contributed by atoms with Gasteiger partial charge < -0.3 is 25.2 Å².